The van der Waals surface area contributed by atoms with Gasteiger partial charge in [-0.1, -0.05) is 0 Å². The molecule has 0 amide bonds. The molecule has 2 aromatic heterocycles. The highest BCUT2D eigenvalue weighted by Gasteiger charge is 2.47. The fourth-order valence-corrected chi connectivity index (χ4v) is 2.37. The number of H-pyrrole nitrogens is 1. The molecule has 0 aromatic carbocycles. The number of ether oxygens (including phenoxy) is 1. The highest BCUT2D eigenvalue weighted by molar-refractivity contribution is 5.67. The Balaban J connectivity index is 2.16. The third-order valence-corrected chi connectivity index (χ3v) is 3.38. The molecule has 0 unspecified atom stereocenters. The number of aliphatic hydroxyl groups is 3. The summed E-state index contributed by atoms with van der Waals surface area (Å²) in [6.07, 6.45) is -3.98. The molecule has 11 nitrogen and oxygen atoms in total. The van der Waals surface area contributed by atoms with Crippen LogP contribution < -0.4 is 16.0 Å². The van der Waals surface area contributed by atoms with Crippen molar-refractivity contribution in [1.82, 2.24) is 14.5 Å². The minimum Gasteiger partial charge on any atom is -0.710 e. The molecule has 0 radical (unpaired) electrons. The lowest BCUT2D eigenvalue weighted by Crippen LogP contribution is -2.33. The van der Waals surface area contributed by atoms with Crippen molar-refractivity contribution in [3.63, 3.8) is 0 Å². The van der Waals surface area contributed by atoms with Gasteiger partial charge >= 0.3 is 5.56 Å². The first-order valence-electron chi connectivity index (χ1n) is 6.06. The molecule has 1 fully saturated rings. The number of nitrogens with one attached hydrogen (secondary N) is 1. The Bertz CT molecular complexity index is 741. The zero-order chi connectivity index (χ0) is 15.3. The molecule has 11 heteroatoms. The Morgan fingerprint density at radius 2 is 2.24 bits per heavy atom. The fraction of sp³-hybridized carbons (Fsp3) is 0.500. The van der Waals surface area contributed by atoms with E-state index in [0.29, 0.717) is 0 Å². The maximum absolute atomic E-state index is 11.8. The molecule has 1 saturated heterocycles. The first kappa shape index (κ1) is 13.8. The van der Waals surface area contributed by atoms with Crippen LogP contribution in [0.3, 0.4) is 0 Å². The number of anilines is 1. The molecule has 2 aromatic rings. The van der Waals surface area contributed by atoms with Gasteiger partial charge in [0.25, 0.3) is 17.5 Å². The number of nitrogens with zero attached hydrogens (tertiary/aromatic N) is 3. The van der Waals surface area contributed by atoms with Crippen molar-refractivity contribution in [2.24, 2.45) is 0 Å². The number of nitrogen functional groups attached to an aromatic ring is 1. The normalized spacial score (nSPS) is 29.3. The molecular formula is C10H13N5O6. The van der Waals surface area contributed by atoms with Gasteiger partial charge in [0, 0.05) is 0 Å². The summed E-state index contributed by atoms with van der Waals surface area (Å²) in [5, 5.41) is 40.5. The number of nitrogens with two attached hydrogens (primary N) is 1. The molecule has 0 aliphatic carbocycles. The minimum atomic E-state index is -1.40. The summed E-state index contributed by atoms with van der Waals surface area (Å²) in [5.74, 6) is -0.209. The molecule has 114 valence electrons. The molecule has 1 aliphatic heterocycles. The number of hydrogen-bond donors (Lipinski definition) is 5. The highest BCUT2D eigenvalue weighted by Crippen LogP contribution is 2.30. The van der Waals surface area contributed by atoms with Crippen molar-refractivity contribution >= 4 is 17.1 Å². The van der Waals surface area contributed by atoms with Crippen LogP contribution in [-0.2, 0) is 4.74 Å². The number of aromatic amines is 1. The van der Waals surface area contributed by atoms with Gasteiger partial charge in [-0.2, -0.15) is 9.55 Å². The zero-order valence-corrected chi connectivity index (χ0v) is 10.6. The fourth-order valence-electron chi connectivity index (χ4n) is 2.37. The Labute approximate surface area is 116 Å². The van der Waals surface area contributed by atoms with Crippen molar-refractivity contribution in [2.45, 2.75) is 24.5 Å². The lowest BCUT2D eigenvalue weighted by Gasteiger charge is -2.11. The largest absolute Gasteiger partial charge is 0.710 e. The summed E-state index contributed by atoms with van der Waals surface area (Å²) in [6, 6.07) is 0. The molecule has 3 heterocycles. The van der Waals surface area contributed by atoms with E-state index in [4.69, 9.17) is 15.6 Å². The highest BCUT2D eigenvalue weighted by atomic mass is 16.6. The Morgan fingerprint density at radius 1 is 1.52 bits per heavy atom. The van der Waals surface area contributed by atoms with E-state index in [2.05, 4.69) is 9.97 Å². The zero-order valence-electron chi connectivity index (χ0n) is 10.6. The lowest BCUT2D eigenvalue weighted by atomic mass is 10.1. The van der Waals surface area contributed by atoms with Gasteiger partial charge in [0.15, 0.2) is 0 Å². The van der Waals surface area contributed by atoms with Crippen LogP contribution in [-0.4, -0.2) is 54.8 Å². The van der Waals surface area contributed by atoms with E-state index in [1.165, 1.54) is 0 Å². The van der Waals surface area contributed by atoms with Gasteiger partial charge in [0.2, 0.25) is 12.2 Å². The summed E-state index contributed by atoms with van der Waals surface area (Å²) < 4.78 is 6.64. The quantitative estimate of drug-likeness (QED) is 0.281. The van der Waals surface area contributed by atoms with Crippen molar-refractivity contribution in [2.75, 3.05) is 12.3 Å². The van der Waals surface area contributed by atoms with Gasteiger partial charge in [-0.25, -0.2) is 4.73 Å². The van der Waals surface area contributed by atoms with Crippen LogP contribution in [0.5, 0.6) is 0 Å². The molecule has 0 bridgehead atoms. The molecule has 4 atom stereocenters. The third kappa shape index (κ3) is 1.94. The molecule has 21 heavy (non-hydrogen) atoms. The maximum atomic E-state index is 11.8. The van der Waals surface area contributed by atoms with Gasteiger partial charge in [-0.15, -0.1) is 0 Å². The molecule has 0 saturated carbocycles. The smallest absolute Gasteiger partial charge is 0.304 e. The summed E-state index contributed by atoms with van der Waals surface area (Å²) in [5.41, 5.74) is 4.30. The van der Waals surface area contributed by atoms with Gasteiger partial charge in [0.05, 0.1) is 6.61 Å². The van der Waals surface area contributed by atoms with E-state index < -0.39 is 36.7 Å². The lowest BCUT2D eigenvalue weighted by molar-refractivity contribution is -0.579. The molecule has 0 spiro atoms. The van der Waals surface area contributed by atoms with Crippen molar-refractivity contribution in [1.29, 1.82) is 0 Å². The maximum Gasteiger partial charge on any atom is 0.304 e. The van der Waals surface area contributed by atoms with Gasteiger partial charge in [-0.3, -0.25) is 9.78 Å². The van der Waals surface area contributed by atoms with Crippen LogP contribution >= 0.6 is 0 Å². The first-order valence-corrected chi connectivity index (χ1v) is 6.06. The Morgan fingerprint density at radius 3 is 2.86 bits per heavy atom. The minimum absolute atomic E-state index is 0.0962. The van der Waals surface area contributed by atoms with E-state index in [1.54, 1.807) is 0 Å². The molecule has 6 N–H and O–H groups in total. The van der Waals surface area contributed by atoms with Crippen LogP contribution in [0.2, 0.25) is 0 Å². The van der Waals surface area contributed by atoms with E-state index in [-0.39, 0.29) is 21.8 Å². The number of rotatable bonds is 2. The first-order chi connectivity index (χ1) is 9.93. The van der Waals surface area contributed by atoms with Gasteiger partial charge in [-0.05, 0) is 0 Å². The number of fused-ring (bicyclic) bond motifs is 1. The van der Waals surface area contributed by atoms with Gasteiger partial charge < -0.3 is 31.0 Å². The van der Waals surface area contributed by atoms with Crippen LogP contribution in [0.15, 0.2) is 11.1 Å². The monoisotopic (exact) mass is 299 g/mol. The summed E-state index contributed by atoms with van der Waals surface area (Å²) in [4.78, 5) is 17.7. The average Bonchev–Trinajstić information content (AvgIpc) is 2.89. The van der Waals surface area contributed by atoms with Crippen LogP contribution in [0, 0.1) is 5.21 Å². The van der Waals surface area contributed by atoms with Crippen molar-refractivity contribution in [3.05, 3.63) is 21.9 Å². The van der Waals surface area contributed by atoms with E-state index >= 15 is 0 Å². The second-order valence-corrected chi connectivity index (χ2v) is 4.70. The summed E-state index contributed by atoms with van der Waals surface area (Å²) >= 11 is 0. The summed E-state index contributed by atoms with van der Waals surface area (Å²) in [6.45, 7) is -0.512. The van der Waals surface area contributed by atoms with Crippen LogP contribution in [0.25, 0.3) is 11.2 Å². The Kier molecular flexibility index (Phi) is 3.06. The second kappa shape index (κ2) is 4.66. The topological polar surface area (TPSA) is 174 Å². The number of hydrogen-bond acceptors (Lipinski definition) is 8. The predicted octanol–water partition coefficient (Wildman–Crippen LogP) is -3.45. The molecule has 3 rings (SSSR count). The van der Waals surface area contributed by atoms with Crippen molar-refractivity contribution < 1.29 is 24.8 Å². The van der Waals surface area contributed by atoms with Crippen LogP contribution in [0.1, 0.15) is 6.23 Å². The van der Waals surface area contributed by atoms with E-state index in [0.717, 1.165) is 10.9 Å². The number of aliphatic hydroxyl groups excluding tert-OH is 3. The second-order valence-electron chi connectivity index (χ2n) is 4.70. The molecule has 1 aliphatic rings. The van der Waals surface area contributed by atoms with Gasteiger partial charge in [0.1, 0.15) is 18.3 Å². The third-order valence-electron chi connectivity index (χ3n) is 3.38. The van der Waals surface area contributed by atoms with Crippen molar-refractivity contribution in [3.8, 4) is 0 Å². The van der Waals surface area contributed by atoms with Crippen LogP contribution in [0.4, 0.5) is 5.95 Å². The number of aromatic nitrogens is 4. The standard InChI is InChI=1S/C10H13N5O6/c11-10-12-7-4(8(19)13-10)15(20)2-14(7)9-6(18)5(17)3(1-16)21-9/h2-3,5-6,9,16-18H,1H2,(H3,11,12,13,19)/t3-,5-,6-,9-/m1/s1. The Hall–Kier alpha value is -2.21. The predicted molar refractivity (Wildman–Crippen MR) is 66.7 cm³/mol. The summed E-state index contributed by atoms with van der Waals surface area (Å²) in [7, 11) is 0. The SMILES string of the molecule is Nc1nc2c(c(=O)[nH]1)[n+]([O-])cn2[C@@H]1O[C@H](CO)[C@@H](O)[C@H]1O. The average molecular weight is 299 g/mol. The van der Waals surface area contributed by atoms with E-state index in [1.807, 2.05) is 0 Å². The molecular weight excluding hydrogens is 286 g/mol. The van der Waals surface area contributed by atoms with E-state index in [9.17, 15) is 20.2 Å². The number of imidazole rings is 1.